The number of benzene rings is 1. The Labute approximate surface area is 176 Å². The fraction of sp³-hybridized carbons (Fsp3) is 0.667. The van der Waals surface area contributed by atoms with Gasteiger partial charge in [-0.1, -0.05) is 95.8 Å². The maximum Gasteiger partial charge on any atom is 0.336 e. The molecule has 0 saturated carbocycles. The van der Waals surface area contributed by atoms with Gasteiger partial charge in [0.1, 0.15) is 0 Å². The molecule has 0 aliphatic heterocycles. The van der Waals surface area contributed by atoms with Crippen LogP contribution in [0.2, 0.25) is 0 Å². The standard InChI is InChI=1S/C24H39NO4/c1-3-4-5-6-7-8-9-10-11-12-16-19-21(22(26)24(28)29-2)25-23(27)20-17-14-13-15-18-20/h13-15,17-18,21-22,26H,3-12,16,19H2,1-2H3,(H,25,27). The lowest BCUT2D eigenvalue weighted by Crippen LogP contribution is -2.47. The van der Waals surface area contributed by atoms with E-state index in [1.807, 2.05) is 6.07 Å². The van der Waals surface area contributed by atoms with Crippen molar-refractivity contribution >= 4 is 11.9 Å². The number of aliphatic hydroxyl groups is 1. The Morgan fingerprint density at radius 2 is 1.41 bits per heavy atom. The first-order valence-electron chi connectivity index (χ1n) is 11.2. The SMILES string of the molecule is CCCCCCCCCCCCCC(NC(=O)c1ccccc1)C(O)C(=O)OC. The van der Waals surface area contributed by atoms with E-state index in [9.17, 15) is 14.7 Å². The first kappa shape index (κ1) is 25.2. The number of carbonyl (C=O) groups is 2. The van der Waals surface area contributed by atoms with Gasteiger partial charge in [0, 0.05) is 5.56 Å². The lowest BCUT2D eigenvalue weighted by atomic mass is 10.0. The fourth-order valence-corrected chi connectivity index (χ4v) is 3.46. The molecule has 2 atom stereocenters. The summed E-state index contributed by atoms with van der Waals surface area (Å²) in [4.78, 5) is 24.1. The van der Waals surface area contributed by atoms with Crippen molar-refractivity contribution in [2.45, 2.75) is 96.1 Å². The zero-order valence-electron chi connectivity index (χ0n) is 18.2. The van der Waals surface area contributed by atoms with Crippen LogP contribution in [0, 0.1) is 0 Å². The number of hydrogen-bond donors (Lipinski definition) is 2. The molecule has 0 spiro atoms. The van der Waals surface area contributed by atoms with Crippen molar-refractivity contribution in [2.24, 2.45) is 0 Å². The lowest BCUT2D eigenvalue weighted by Gasteiger charge is -2.22. The minimum absolute atomic E-state index is 0.290. The van der Waals surface area contributed by atoms with E-state index >= 15 is 0 Å². The van der Waals surface area contributed by atoms with Crippen LogP contribution in [-0.4, -0.2) is 36.2 Å². The summed E-state index contributed by atoms with van der Waals surface area (Å²) in [5.41, 5.74) is 0.508. The molecule has 164 valence electrons. The topological polar surface area (TPSA) is 75.6 Å². The maximum atomic E-state index is 12.4. The summed E-state index contributed by atoms with van der Waals surface area (Å²) < 4.78 is 4.65. The molecular formula is C24H39NO4. The Morgan fingerprint density at radius 1 is 0.897 bits per heavy atom. The first-order chi connectivity index (χ1) is 14.1. The van der Waals surface area contributed by atoms with Crippen LogP contribution in [0.1, 0.15) is 94.3 Å². The highest BCUT2D eigenvalue weighted by atomic mass is 16.5. The van der Waals surface area contributed by atoms with E-state index in [0.29, 0.717) is 12.0 Å². The molecule has 29 heavy (non-hydrogen) atoms. The van der Waals surface area contributed by atoms with E-state index in [1.54, 1.807) is 24.3 Å². The van der Waals surface area contributed by atoms with Crippen molar-refractivity contribution in [1.29, 1.82) is 0 Å². The fourth-order valence-electron chi connectivity index (χ4n) is 3.46. The molecule has 2 unspecified atom stereocenters. The van der Waals surface area contributed by atoms with Crippen molar-refractivity contribution in [2.75, 3.05) is 7.11 Å². The molecule has 5 nitrogen and oxygen atoms in total. The van der Waals surface area contributed by atoms with Crippen molar-refractivity contribution in [3.05, 3.63) is 35.9 Å². The van der Waals surface area contributed by atoms with Crippen LogP contribution in [0.5, 0.6) is 0 Å². The predicted octanol–water partition coefficient (Wildman–Crippen LogP) is 5.02. The van der Waals surface area contributed by atoms with Gasteiger partial charge in [0.25, 0.3) is 5.91 Å². The Hall–Kier alpha value is -1.88. The van der Waals surface area contributed by atoms with Crippen LogP contribution in [-0.2, 0) is 9.53 Å². The van der Waals surface area contributed by atoms with Gasteiger partial charge in [0.15, 0.2) is 6.10 Å². The number of aliphatic hydroxyl groups excluding tert-OH is 1. The van der Waals surface area contributed by atoms with Crippen LogP contribution in [0.25, 0.3) is 0 Å². The molecule has 0 radical (unpaired) electrons. The Kier molecular flexibility index (Phi) is 13.9. The number of unbranched alkanes of at least 4 members (excludes halogenated alkanes) is 10. The van der Waals surface area contributed by atoms with E-state index in [-0.39, 0.29) is 5.91 Å². The second-order valence-corrected chi connectivity index (χ2v) is 7.74. The van der Waals surface area contributed by atoms with Gasteiger partial charge < -0.3 is 15.2 Å². The summed E-state index contributed by atoms with van der Waals surface area (Å²) in [6, 6.07) is 8.17. The second-order valence-electron chi connectivity index (χ2n) is 7.74. The molecule has 0 fully saturated rings. The first-order valence-corrected chi connectivity index (χ1v) is 11.2. The molecule has 1 amide bonds. The molecule has 0 saturated heterocycles. The third kappa shape index (κ3) is 11.0. The van der Waals surface area contributed by atoms with Gasteiger partial charge in [-0.25, -0.2) is 4.79 Å². The number of esters is 1. The Balaban J connectivity index is 2.31. The van der Waals surface area contributed by atoms with Crippen molar-refractivity contribution in [3.8, 4) is 0 Å². The molecule has 0 bridgehead atoms. The number of hydrogen-bond acceptors (Lipinski definition) is 4. The molecule has 0 aliphatic carbocycles. The summed E-state index contributed by atoms with van der Waals surface area (Å²) in [6.45, 7) is 2.24. The van der Waals surface area contributed by atoms with Gasteiger partial charge in [-0.05, 0) is 18.6 Å². The Bertz CT molecular complexity index is 561. The van der Waals surface area contributed by atoms with Crippen LogP contribution in [0.4, 0.5) is 0 Å². The molecule has 1 aromatic carbocycles. The zero-order chi connectivity index (χ0) is 21.3. The molecule has 0 aromatic heterocycles. The minimum atomic E-state index is -1.35. The van der Waals surface area contributed by atoms with Crippen LogP contribution in [0.3, 0.4) is 0 Å². The third-order valence-corrected chi connectivity index (χ3v) is 5.29. The van der Waals surface area contributed by atoms with Gasteiger partial charge in [0.2, 0.25) is 0 Å². The molecular weight excluding hydrogens is 366 g/mol. The van der Waals surface area contributed by atoms with E-state index in [4.69, 9.17) is 0 Å². The van der Waals surface area contributed by atoms with Crippen LogP contribution in [0.15, 0.2) is 30.3 Å². The van der Waals surface area contributed by atoms with Crippen LogP contribution < -0.4 is 5.32 Å². The minimum Gasteiger partial charge on any atom is -0.467 e. The highest BCUT2D eigenvalue weighted by molar-refractivity contribution is 5.94. The number of ether oxygens (including phenoxy) is 1. The van der Waals surface area contributed by atoms with Crippen LogP contribution >= 0.6 is 0 Å². The van der Waals surface area contributed by atoms with Crippen molar-refractivity contribution in [3.63, 3.8) is 0 Å². The van der Waals surface area contributed by atoms with E-state index in [1.165, 1.54) is 58.5 Å². The van der Waals surface area contributed by atoms with Crippen molar-refractivity contribution < 1.29 is 19.4 Å². The quantitative estimate of drug-likeness (QED) is 0.299. The molecule has 1 rings (SSSR count). The average molecular weight is 406 g/mol. The summed E-state index contributed by atoms with van der Waals surface area (Å²) in [6.07, 6.45) is 12.7. The predicted molar refractivity (Wildman–Crippen MR) is 117 cm³/mol. The summed E-state index contributed by atoms with van der Waals surface area (Å²) in [5, 5.41) is 13.0. The lowest BCUT2D eigenvalue weighted by molar-refractivity contribution is -0.151. The summed E-state index contributed by atoms with van der Waals surface area (Å²) in [7, 11) is 1.24. The van der Waals surface area contributed by atoms with Gasteiger partial charge in [-0.3, -0.25) is 4.79 Å². The van der Waals surface area contributed by atoms with E-state index in [0.717, 1.165) is 19.3 Å². The molecule has 1 aromatic rings. The summed E-state index contributed by atoms with van der Waals surface area (Å²) in [5.74, 6) is -1.01. The highest BCUT2D eigenvalue weighted by Gasteiger charge is 2.28. The Morgan fingerprint density at radius 3 is 1.93 bits per heavy atom. The third-order valence-electron chi connectivity index (χ3n) is 5.29. The monoisotopic (exact) mass is 405 g/mol. The van der Waals surface area contributed by atoms with E-state index < -0.39 is 18.1 Å². The molecule has 0 aliphatic rings. The van der Waals surface area contributed by atoms with E-state index in [2.05, 4.69) is 17.0 Å². The zero-order valence-corrected chi connectivity index (χ0v) is 18.2. The number of amides is 1. The number of carbonyl (C=O) groups excluding carboxylic acids is 2. The number of rotatable bonds is 16. The average Bonchev–Trinajstić information content (AvgIpc) is 2.76. The molecule has 0 heterocycles. The van der Waals surface area contributed by atoms with Gasteiger partial charge in [0.05, 0.1) is 13.2 Å². The normalized spacial score (nSPS) is 12.9. The highest BCUT2D eigenvalue weighted by Crippen LogP contribution is 2.14. The molecule has 5 heteroatoms. The molecule has 2 N–H and O–H groups in total. The number of methoxy groups -OCH3 is 1. The van der Waals surface area contributed by atoms with Gasteiger partial charge >= 0.3 is 5.97 Å². The smallest absolute Gasteiger partial charge is 0.336 e. The summed E-state index contributed by atoms with van der Waals surface area (Å²) >= 11 is 0. The van der Waals surface area contributed by atoms with Gasteiger partial charge in [-0.2, -0.15) is 0 Å². The number of nitrogens with one attached hydrogen (secondary N) is 1. The van der Waals surface area contributed by atoms with Gasteiger partial charge in [-0.15, -0.1) is 0 Å². The largest absolute Gasteiger partial charge is 0.467 e. The van der Waals surface area contributed by atoms with Crippen molar-refractivity contribution in [1.82, 2.24) is 5.32 Å². The second kappa shape index (κ2) is 16.0. The maximum absolute atomic E-state index is 12.4.